The van der Waals surface area contributed by atoms with Gasteiger partial charge in [-0.25, -0.2) is 4.98 Å². The molecule has 2 amide bonds. The van der Waals surface area contributed by atoms with Gasteiger partial charge in [-0.05, 0) is 53.9 Å². The van der Waals surface area contributed by atoms with E-state index in [2.05, 4.69) is 60.3 Å². The van der Waals surface area contributed by atoms with Gasteiger partial charge in [0.2, 0.25) is 17.7 Å². The summed E-state index contributed by atoms with van der Waals surface area (Å²) >= 11 is 0. The monoisotopic (exact) mass is 657 g/mol. The van der Waals surface area contributed by atoms with Crippen LogP contribution in [0.4, 0.5) is 5.69 Å². The van der Waals surface area contributed by atoms with Gasteiger partial charge in [-0.1, -0.05) is 84.5 Å². The van der Waals surface area contributed by atoms with Gasteiger partial charge >= 0.3 is 0 Å². The number of carbonyl (C=O) groups excluding carboxylic acids is 2. The number of amides is 2. The van der Waals surface area contributed by atoms with E-state index in [0.717, 1.165) is 40.1 Å². The standard InChI is InChI=1S/C33H40N4O4.C5H11NO/c1-6-20(4)24(31-35-23(17-34)18-40-31)16-33-25-9-7-8-10-27(25)36-32(33)41-28-13-11-22(15-26(28)33)12-14-29(39)37-30(19(2)3)21(5)38;1-4(2)3-5(6)7/h7-11,13,15-16,18-20,30,32,36,38H,5-6,12,14,17,34H2,1-4H3,(H,37,39);4H,3H2,1-2H3,(H2,6,7)/b24-16-;. The van der Waals surface area contributed by atoms with E-state index in [9.17, 15) is 14.7 Å². The molecular weight excluding hydrogens is 606 g/mol. The Morgan fingerprint density at radius 3 is 2.46 bits per heavy atom. The van der Waals surface area contributed by atoms with Crippen molar-refractivity contribution in [3.8, 4) is 5.75 Å². The molecule has 4 unspecified atom stereocenters. The smallest absolute Gasteiger partial charge is 0.222 e. The quantitative estimate of drug-likeness (QED) is 0.133. The zero-order valence-corrected chi connectivity index (χ0v) is 29.0. The number of allylic oxidation sites excluding steroid dienone is 1. The number of primary amides is 1. The van der Waals surface area contributed by atoms with Gasteiger partial charge in [-0.2, -0.15) is 0 Å². The summed E-state index contributed by atoms with van der Waals surface area (Å²) in [4.78, 5) is 27.5. The van der Waals surface area contributed by atoms with Crippen LogP contribution in [0.3, 0.4) is 0 Å². The first-order chi connectivity index (χ1) is 22.8. The van der Waals surface area contributed by atoms with Crippen LogP contribution in [0.15, 0.2) is 71.6 Å². The number of benzene rings is 2. The van der Waals surface area contributed by atoms with Gasteiger partial charge < -0.3 is 36.4 Å². The predicted octanol–water partition coefficient (Wildman–Crippen LogP) is 6.36. The number of oxazole rings is 1. The third kappa shape index (κ3) is 7.93. The lowest BCUT2D eigenvalue weighted by atomic mass is 9.73. The molecule has 0 aliphatic carbocycles. The Kier molecular flexibility index (Phi) is 11.8. The first-order valence-corrected chi connectivity index (χ1v) is 16.8. The maximum atomic E-state index is 12.8. The fraction of sp³-hybridized carbons (Fsp3) is 0.447. The minimum Gasteiger partial charge on any atom is -0.511 e. The summed E-state index contributed by atoms with van der Waals surface area (Å²) in [5.74, 6) is 1.61. The Balaban J connectivity index is 0.000000671. The molecule has 0 saturated heterocycles. The van der Waals surface area contributed by atoms with Crippen LogP contribution in [0, 0.1) is 17.8 Å². The molecule has 0 saturated carbocycles. The number of anilines is 1. The maximum absolute atomic E-state index is 12.8. The van der Waals surface area contributed by atoms with E-state index in [4.69, 9.17) is 20.6 Å². The van der Waals surface area contributed by atoms with E-state index in [1.807, 2.05) is 52.0 Å². The average molecular weight is 658 g/mol. The normalized spacial score (nSPS) is 18.9. The Morgan fingerprint density at radius 2 is 1.88 bits per heavy atom. The molecule has 48 heavy (non-hydrogen) atoms. The number of aromatic nitrogens is 1. The van der Waals surface area contributed by atoms with Crippen LogP contribution in [-0.2, 0) is 28.0 Å². The van der Waals surface area contributed by atoms with Crippen molar-refractivity contribution < 1.29 is 23.8 Å². The Labute approximate surface area is 284 Å². The lowest BCUT2D eigenvalue weighted by Gasteiger charge is -2.28. The lowest BCUT2D eigenvalue weighted by molar-refractivity contribution is -0.122. The van der Waals surface area contributed by atoms with Crippen LogP contribution in [0.25, 0.3) is 5.57 Å². The highest BCUT2D eigenvalue weighted by atomic mass is 16.5. The van der Waals surface area contributed by atoms with Gasteiger partial charge in [0.1, 0.15) is 23.2 Å². The molecule has 5 rings (SSSR count). The number of carbonyl (C=O) groups is 2. The van der Waals surface area contributed by atoms with Crippen molar-refractivity contribution in [2.75, 3.05) is 5.32 Å². The summed E-state index contributed by atoms with van der Waals surface area (Å²) in [7, 11) is 0. The summed E-state index contributed by atoms with van der Waals surface area (Å²) in [5, 5.41) is 16.4. The molecule has 3 heterocycles. The number of aliphatic hydroxyl groups is 1. The summed E-state index contributed by atoms with van der Waals surface area (Å²) in [6.45, 7) is 16.0. The van der Waals surface area contributed by atoms with Crippen LogP contribution < -0.4 is 26.8 Å². The van der Waals surface area contributed by atoms with E-state index in [0.29, 0.717) is 36.9 Å². The van der Waals surface area contributed by atoms with Gasteiger partial charge in [0.05, 0.1) is 11.7 Å². The molecule has 2 aliphatic rings. The zero-order chi connectivity index (χ0) is 35.2. The molecule has 3 aromatic rings. The van der Waals surface area contributed by atoms with Gasteiger partial charge in [-0.3, -0.25) is 9.59 Å². The third-order valence-corrected chi connectivity index (χ3v) is 8.93. The van der Waals surface area contributed by atoms with Gasteiger partial charge in [0.15, 0.2) is 6.23 Å². The number of fused-ring (bicyclic) bond motifs is 5. The number of nitrogens with two attached hydrogens (primary N) is 2. The highest BCUT2D eigenvalue weighted by molar-refractivity contribution is 5.78. The molecule has 4 atom stereocenters. The van der Waals surface area contributed by atoms with Crippen LogP contribution in [-0.4, -0.2) is 34.2 Å². The number of aryl methyl sites for hydroxylation is 1. The highest BCUT2D eigenvalue weighted by Gasteiger charge is 2.54. The van der Waals surface area contributed by atoms with E-state index < -0.39 is 11.5 Å². The first kappa shape index (κ1) is 36.3. The first-order valence-electron chi connectivity index (χ1n) is 16.8. The van der Waals surface area contributed by atoms with E-state index >= 15 is 0 Å². The van der Waals surface area contributed by atoms with Crippen molar-refractivity contribution in [1.82, 2.24) is 10.3 Å². The summed E-state index contributed by atoms with van der Waals surface area (Å²) < 4.78 is 12.5. The molecule has 7 N–H and O–H groups in total. The Morgan fingerprint density at radius 1 is 1.15 bits per heavy atom. The molecule has 10 heteroatoms. The number of ether oxygens (including phenoxy) is 1. The fourth-order valence-electron chi connectivity index (χ4n) is 6.25. The topological polar surface area (TPSA) is 166 Å². The van der Waals surface area contributed by atoms with Crippen LogP contribution in [0.1, 0.15) is 89.1 Å². The highest BCUT2D eigenvalue weighted by Crippen LogP contribution is 2.56. The van der Waals surface area contributed by atoms with Crippen molar-refractivity contribution in [2.45, 2.75) is 91.5 Å². The second kappa shape index (κ2) is 15.6. The zero-order valence-electron chi connectivity index (χ0n) is 29.0. The van der Waals surface area contributed by atoms with Crippen molar-refractivity contribution in [2.24, 2.45) is 29.2 Å². The number of nitrogens with one attached hydrogen (secondary N) is 2. The average Bonchev–Trinajstić information content (AvgIpc) is 3.71. The summed E-state index contributed by atoms with van der Waals surface area (Å²) in [6, 6.07) is 14.0. The van der Waals surface area contributed by atoms with Crippen molar-refractivity contribution in [1.29, 1.82) is 0 Å². The largest absolute Gasteiger partial charge is 0.511 e. The van der Waals surface area contributed by atoms with Crippen LogP contribution in [0.5, 0.6) is 5.75 Å². The Bertz CT molecular complexity index is 1640. The van der Waals surface area contributed by atoms with Crippen molar-refractivity contribution in [3.63, 3.8) is 0 Å². The molecule has 258 valence electrons. The molecule has 0 spiro atoms. The number of para-hydroxylation sites is 1. The van der Waals surface area contributed by atoms with E-state index in [-0.39, 0.29) is 42.1 Å². The fourth-order valence-corrected chi connectivity index (χ4v) is 6.25. The number of aliphatic hydroxyl groups excluding tert-OH is 1. The van der Waals surface area contributed by atoms with Gasteiger partial charge in [0.25, 0.3) is 0 Å². The maximum Gasteiger partial charge on any atom is 0.222 e. The van der Waals surface area contributed by atoms with E-state index in [1.165, 1.54) is 0 Å². The number of hydrogen-bond acceptors (Lipinski definition) is 8. The summed E-state index contributed by atoms with van der Waals surface area (Å²) in [5.41, 5.74) is 16.0. The minimum absolute atomic E-state index is 0.0306. The number of nitrogens with zero attached hydrogens (tertiary/aromatic N) is 1. The molecule has 2 aromatic carbocycles. The second-order valence-corrected chi connectivity index (χ2v) is 13.5. The van der Waals surface area contributed by atoms with E-state index in [1.54, 1.807) is 6.26 Å². The SMILES string of the molecule is C=C(O)C(NC(=O)CCc1ccc2c(c1)C1(/C=C(\c3nc(CN)co3)C(C)CC)c3ccccc3NC1O2)C(C)C.CC(C)CC(N)=O. The number of rotatable bonds is 13. The predicted molar refractivity (Wildman–Crippen MR) is 189 cm³/mol. The molecule has 1 aromatic heterocycles. The molecule has 10 nitrogen and oxygen atoms in total. The molecule has 0 bridgehead atoms. The summed E-state index contributed by atoms with van der Waals surface area (Å²) in [6.07, 6.45) is 5.77. The second-order valence-electron chi connectivity index (χ2n) is 13.5. The van der Waals surface area contributed by atoms with Crippen molar-refractivity contribution >= 4 is 23.1 Å². The third-order valence-electron chi connectivity index (χ3n) is 8.93. The van der Waals surface area contributed by atoms with Gasteiger partial charge in [-0.15, -0.1) is 0 Å². The lowest BCUT2D eigenvalue weighted by Crippen LogP contribution is -2.39. The molecule has 2 aliphatic heterocycles. The number of hydrogen-bond donors (Lipinski definition) is 5. The van der Waals surface area contributed by atoms with Crippen molar-refractivity contribution in [3.05, 3.63) is 95.4 Å². The molecular formula is C38H51N5O5. The van der Waals surface area contributed by atoms with Crippen LogP contribution >= 0.6 is 0 Å². The van der Waals surface area contributed by atoms with Gasteiger partial charge in [0, 0.05) is 36.2 Å². The molecule has 0 fully saturated rings. The Hall–Kier alpha value is -4.57. The minimum atomic E-state index is -0.627. The molecule has 0 radical (unpaired) electrons. The van der Waals surface area contributed by atoms with Crippen LogP contribution in [0.2, 0.25) is 0 Å².